The maximum absolute atomic E-state index is 12.2. The lowest BCUT2D eigenvalue weighted by molar-refractivity contribution is -0.141. The molecule has 0 aromatic carbocycles. The van der Waals surface area contributed by atoms with E-state index in [1.165, 1.54) is 0 Å². The molecule has 1 aliphatic heterocycles. The van der Waals surface area contributed by atoms with E-state index in [0.717, 1.165) is 4.31 Å². The SMILES string of the molecule is CC(C)(C)CS(=O)(=O)N1CCNCC1C(=O)O. The highest BCUT2D eigenvalue weighted by atomic mass is 32.2. The van der Waals surface area contributed by atoms with Crippen molar-refractivity contribution in [2.24, 2.45) is 5.41 Å². The molecule has 1 heterocycles. The van der Waals surface area contributed by atoms with Gasteiger partial charge in [-0.25, -0.2) is 8.42 Å². The molecule has 1 aliphatic rings. The maximum atomic E-state index is 12.2. The van der Waals surface area contributed by atoms with E-state index in [4.69, 9.17) is 5.11 Å². The van der Waals surface area contributed by atoms with Crippen LogP contribution in [-0.4, -0.2) is 55.2 Å². The molecular weight excluding hydrogens is 244 g/mol. The van der Waals surface area contributed by atoms with Crippen LogP contribution in [0.3, 0.4) is 0 Å². The molecule has 6 nitrogen and oxygen atoms in total. The predicted octanol–water partition coefficient (Wildman–Crippen LogP) is -0.279. The first-order chi connectivity index (χ1) is 7.63. The lowest BCUT2D eigenvalue weighted by atomic mass is 10.0. The Morgan fingerprint density at radius 3 is 2.53 bits per heavy atom. The molecule has 100 valence electrons. The highest BCUT2D eigenvalue weighted by Crippen LogP contribution is 2.21. The lowest BCUT2D eigenvalue weighted by Gasteiger charge is -2.34. The Morgan fingerprint density at radius 1 is 1.47 bits per heavy atom. The summed E-state index contributed by atoms with van der Waals surface area (Å²) in [5.74, 6) is -1.14. The molecule has 0 radical (unpaired) electrons. The van der Waals surface area contributed by atoms with Gasteiger partial charge in [-0.3, -0.25) is 4.79 Å². The molecule has 1 atom stereocenters. The first-order valence-electron chi connectivity index (χ1n) is 5.56. The number of hydrogen-bond donors (Lipinski definition) is 2. The fourth-order valence-corrected chi connectivity index (χ4v) is 4.04. The zero-order valence-electron chi connectivity index (χ0n) is 10.4. The third-order valence-electron chi connectivity index (χ3n) is 2.45. The fourth-order valence-electron chi connectivity index (χ4n) is 1.86. The van der Waals surface area contributed by atoms with Gasteiger partial charge in [0.2, 0.25) is 10.0 Å². The van der Waals surface area contributed by atoms with Crippen molar-refractivity contribution in [3.05, 3.63) is 0 Å². The summed E-state index contributed by atoms with van der Waals surface area (Å²) in [6, 6.07) is -0.990. The summed E-state index contributed by atoms with van der Waals surface area (Å²) >= 11 is 0. The van der Waals surface area contributed by atoms with Gasteiger partial charge in [-0.2, -0.15) is 4.31 Å². The van der Waals surface area contributed by atoms with Crippen LogP contribution in [0.5, 0.6) is 0 Å². The second kappa shape index (κ2) is 4.91. The third-order valence-corrected chi connectivity index (χ3v) is 4.83. The Morgan fingerprint density at radius 2 is 2.06 bits per heavy atom. The number of carboxylic acids is 1. The van der Waals surface area contributed by atoms with Crippen molar-refractivity contribution in [2.45, 2.75) is 26.8 Å². The van der Waals surface area contributed by atoms with Crippen LogP contribution in [0.4, 0.5) is 0 Å². The van der Waals surface area contributed by atoms with Gasteiger partial charge in [0.05, 0.1) is 5.75 Å². The molecule has 0 aliphatic carbocycles. The molecule has 0 aromatic heterocycles. The van der Waals surface area contributed by atoms with Gasteiger partial charge >= 0.3 is 5.97 Å². The van der Waals surface area contributed by atoms with Gasteiger partial charge in [-0.1, -0.05) is 20.8 Å². The van der Waals surface area contributed by atoms with Crippen LogP contribution < -0.4 is 5.32 Å². The van der Waals surface area contributed by atoms with E-state index >= 15 is 0 Å². The molecule has 0 spiro atoms. The number of rotatable bonds is 3. The average Bonchev–Trinajstić information content (AvgIpc) is 2.14. The number of sulfonamides is 1. The molecule has 0 amide bonds. The molecule has 2 N–H and O–H groups in total. The van der Waals surface area contributed by atoms with Crippen molar-refractivity contribution in [3.63, 3.8) is 0 Å². The van der Waals surface area contributed by atoms with Gasteiger partial charge in [-0.15, -0.1) is 0 Å². The molecule has 7 heteroatoms. The Labute approximate surface area is 102 Å². The second-order valence-electron chi connectivity index (χ2n) is 5.49. The summed E-state index contributed by atoms with van der Waals surface area (Å²) in [6.07, 6.45) is 0. The smallest absolute Gasteiger partial charge is 0.323 e. The van der Waals surface area contributed by atoms with E-state index in [1.54, 1.807) is 0 Å². The van der Waals surface area contributed by atoms with Crippen molar-refractivity contribution in [3.8, 4) is 0 Å². The summed E-state index contributed by atoms with van der Waals surface area (Å²) in [7, 11) is -3.52. The summed E-state index contributed by atoms with van der Waals surface area (Å²) in [5.41, 5.74) is -0.382. The summed E-state index contributed by atoms with van der Waals surface area (Å²) in [4.78, 5) is 11.0. The molecule has 1 fully saturated rings. The predicted molar refractivity (Wildman–Crippen MR) is 64.2 cm³/mol. The van der Waals surface area contributed by atoms with Crippen molar-refractivity contribution in [1.82, 2.24) is 9.62 Å². The Bertz CT molecular complexity index is 386. The van der Waals surface area contributed by atoms with Crippen LogP contribution in [0.1, 0.15) is 20.8 Å². The number of carboxylic acid groups (broad SMARTS) is 1. The van der Waals surface area contributed by atoms with Crippen LogP contribution in [0, 0.1) is 5.41 Å². The number of piperazine rings is 1. The second-order valence-corrected chi connectivity index (χ2v) is 7.41. The van der Waals surface area contributed by atoms with Gasteiger partial charge in [0.15, 0.2) is 0 Å². The van der Waals surface area contributed by atoms with Gasteiger partial charge < -0.3 is 10.4 Å². The molecule has 17 heavy (non-hydrogen) atoms. The first kappa shape index (κ1) is 14.4. The van der Waals surface area contributed by atoms with Crippen LogP contribution in [0.25, 0.3) is 0 Å². The van der Waals surface area contributed by atoms with Crippen molar-refractivity contribution in [2.75, 3.05) is 25.4 Å². The fraction of sp³-hybridized carbons (Fsp3) is 0.900. The molecule has 1 unspecified atom stereocenters. The molecule has 1 saturated heterocycles. The normalized spacial score (nSPS) is 23.6. The number of carbonyl (C=O) groups is 1. The van der Waals surface area contributed by atoms with Crippen molar-refractivity contribution >= 4 is 16.0 Å². The zero-order chi connectivity index (χ0) is 13.3. The monoisotopic (exact) mass is 264 g/mol. The van der Waals surface area contributed by atoms with Crippen molar-refractivity contribution < 1.29 is 18.3 Å². The molecule has 1 rings (SSSR count). The van der Waals surface area contributed by atoms with E-state index in [1.807, 2.05) is 20.8 Å². The summed E-state index contributed by atoms with van der Waals surface area (Å²) in [6.45, 7) is 6.34. The highest BCUT2D eigenvalue weighted by Gasteiger charge is 2.38. The first-order valence-corrected chi connectivity index (χ1v) is 7.17. The number of nitrogens with one attached hydrogen (secondary N) is 1. The Balaban J connectivity index is 2.91. The summed E-state index contributed by atoms with van der Waals surface area (Å²) < 4.78 is 25.4. The number of aliphatic carboxylic acids is 1. The lowest BCUT2D eigenvalue weighted by Crippen LogP contribution is -2.57. The third kappa shape index (κ3) is 3.93. The minimum absolute atomic E-state index is 0.0379. The average molecular weight is 264 g/mol. The van der Waals surface area contributed by atoms with Crippen LogP contribution >= 0.6 is 0 Å². The quantitative estimate of drug-likeness (QED) is 0.732. The van der Waals surface area contributed by atoms with Crippen LogP contribution in [-0.2, 0) is 14.8 Å². The Kier molecular flexibility index (Phi) is 4.16. The van der Waals surface area contributed by atoms with Gasteiger partial charge in [0, 0.05) is 19.6 Å². The molecule has 0 saturated carbocycles. The largest absolute Gasteiger partial charge is 0.480 e. The van der Waals surface area contributed by atoms with E-state index in [2.05, 4.69) is 5.32 Å². The van der Waals surface area contributed by atoms with Crippen molar-refractivity contribution in [1.29, 1.82) is 0 Å². The van der Waals surface area contributed by atoms with E-state index < -0.39 is 22.0 Å². The van der Waals surface area contributed by atoms with Gasteiger partial charge in [-0.05, 0) is 5.41 Å². The van der Waals surface area contributed by atoms with E-state index in [-0.39, 0.29) is 24.3 Å². The number of hydrogen-bond acceptors (Lipinski definition) is 4. The van der Waals surface area contributed by atoms with E-state index in [9.17, 15) is 13.2 Å². The van der Waals surface area contributed by atoms with Crippen LogP contribution in [0.15, 0.2) is 0 Å². The van der Waals surface area contributed by atoms with Gasteiger partial charge in [0.25, 0.3) is 0 Å². The Hall–Kier alpha value is -0.660. The standard InChI is InChI=1S/C10H20N2O4S/c1-10(2,3)7-17(15,16)12-5-4-11-6-8(12)9(13)14/h8,11H,4-7H2,1-3H3,(H,13,14). The summed E-state index contributed by atoms with van der Waals surface area (Å²) in [5, 5.41) is 11.9. The number of nitrogens with zero attached hydrogens (tertiary/aromatic N) is 1. The van der Waals surface area contributed by atoms with Gasteiger partial charge in [0.1, 0.15) is 6.04 Å². The molecule has 0 aromatic rings. The zero-order valence-corrected chi connectivity index (χ0v) is 11.2. The van der Waals surface area contributed by atoms with Crippen LogP contribution in [0.2, 0.25) is 0 Å². The minimum atomic E-state index is -3.52. The van der Waals surface area contributed by atoms with E-state index in [0.29, 0.717) is 6.54 Å². The molecule has 0 bridgehead atoms. The molecular formula is C10H20N2O4S. The maximum Gasteiger partial charge on any atom is 0.323 e. The topological polar surface area (TPSA) is 86.7 Å². The minimum Gasteiger partial charge on any atom is -0.480 e. The highest BCUT2D eigenvalue weighted by molar-refractivity contribution is 7.89.